The van der Waals surface area contributed by atoms with Crippen molar-refractivity contribution in [3.8, 4) is 27.9 Å². The van der Waals surface area contributed by atoms with E-state index in [0.29, 0.717) is 0 Å². The third kappa shape index (κ3) is 3.62. The summed E-state index contributed by atoms with van der Waals surface area (Å²) in [4.78, 5) is 0. The van der Waals surface area contributed by atoms with E-state index < -0.39 is 0 Å². The second-order valence-electron chi connectivity index (χ2n) is 12.0. The smallest absolute Gasteiger partial charge is 0.0719 e. The molecule has 0 aliphatic heterocycles. The summed E-state index contributed by atoms with van der Waals surface area (Å²) in [5, 5.41) is 10.3. The van der Waals surface area contributed by atoms with E-state index in [4.69, 9.17) is 0 Å². The third-order valence-electron chi connectivity index (χ3n) is 9.57. The van der Waals surface area contributed by atoms with Crippen molar-refractivity contribution in [2.75, 3.05) is 0 Å². The van der Waals surface area contributed by atoms with Crippen LogP contribution >= 0.6 is 11.3 Å². The lowest BCUT2D eigenvalue weighted by molar-refractivity contribution is 1.19. The van der Waals surface area contributed by atoms with Crippen molar-refractivity contribution in [1.29, 1.82) is 0 Å². The van der Waals surface area contributed by atoms with Crippen LogP contribution in [0.2, 0.25) is 0 Å². The lowest BCUT2D eigenvalue weighted by Crippen LogP contribution is -1.95. The van der Waals surface area contributed by atoms with Gasteiger partial charge in [0.1, 0.15) is 0 Å². The van der Waals surface area contributed by atoms with Crippen LogP contribution in [0.4, 0.5) is 0 Å². The Morgan fingerprint density at radius 2 is 0.913 bits per heavy atom. The fourth-order valence-corrected chi connectivity index (χ4v) is 8.90. The second kappa shape index (κ2) is 9.90. The minimum Gasteiger partial charge on any atom is -0.308 e. The molecular formula is C44H27NS. The highest BCUT2D eigenvalue weighted by atomic mass is 32.1. The van der Waals surface area contributed by atoms with Gasteiger partial charge in [-0.2, -0.15) is 0 Å². The summed E-state index contributed by atoms with van der Waals surface area (Å²) >= 11 is 1.90. The van der Waals surface area contributed by atoms with Crippen LogP contribution in [0.3, 0.4) is 0 Å². The van der Waals surface area contributed by atoms with Gasteiger partial charge in [-0.25, -0.2) is 0 Å². The molecule has 0 bridgehead atoms. The summed E-state index contributed by atoms with van der Waals surface area (Å²) in [6.07, 6.45) is 0. The molecule has 2 aromatic heterocycles. The van der Waals surface area contributed by atoms with E-state index in [9.17, 15) is 0 Å². The van der Waals surface area contributed by atoms with Crippen LogP contribution in [0.5, 0.6) is 0 Å². The van der Waals surface area contributed by atoms with E-state index in [0.717, 1.165) is 0 Å². The van der Waals surface area contributed by atoms with Gasteiger partial charge in [-0.3, -0.25) is 0 Å². The first-order valence-corrected chi connectivity index (χ1v) is 16.6. The minimum absolute atomic E-state index is 1.17. The number of hydrogen-bond donors (Lipinski definition) is 0. The summed E-state index contributed by atoms with van der Waals surface area (Å²) in [5.41, 5.74) is 8.72. The largest absolute Gasteiger partial charge is 0.308 e. The first-order chi connectivity index (χ1) is 22.8. The van der Waals surface area contributed by atoms with Gasteiger partial charge in [0, 0.05) is 31.9 Å². The van der Waals surface area contributed by atoms with Gasteiger partial charge in [0.2, 0.25) is 0 Å². The van der Waals surface area contributed by atoms with Gasteiger partial charge in [0.15, 0.2) is 0 Å². The molecule has 0 spiro atoms. The summed E-state index contributed by atoms with van der Waals surface area (Å²) in [6.45, 7) is 0. The normalized spacial score (nSPS) is 11.9. The molecule has 10 aromatic rings. The summed E-state index contributed by atoms with van der Waals surface area (Å²) in [7, 11) is 0. The van der Waals surface area contributed by atoms with Gasteiger partial charge in [-0.05, 0) is 68.1 Å². The number of para-hydroxylation sites is 1. The average Bonchev–Trinajstić information content (AvgIpc) is 3.67. The van der Waals surface area contributed by atoms with Gasteiger partial charge in [0.25, 0.3) is 0 Å². The first-order valence-electron chi connectivity index (χ1n) is 15.8. The third-order valence-corrected chi connectivity index (χ3v) is 10.8. The maximum Gasteiger partial charge on any atom is 0.0719 e. The molecule has 8 aromatic carbocycles. The Hall–Kier alpha value is -5.70. The van der Waals surface area contributed by atoms with Crippen LogP contribution in [-0.2, 0) is 0 Å². The zero-order valence-electron chi connectivity index (χ0n) is 24.9. The van der Waals surface area contributed by atoms with Crippen molar-refractivity contribution in [3.63, 3.8) is 0 Å². The molecule has 2 heterocycles. The molecule has 10 rings (SSSR count). The second-order valence-corrected chi connectivity index (χ2v) is 13.1. The highest BCUT2D eigenvalue weighted by molar-refractivity contribution is 7.26. The van der Waals surface area contributed by atoms with Crippen LogP contribution in [0.1, 0.15) is 0 Å². The number of hydrogen-bond acceptors (Lipinski definition) is 1. The molecule has 0 radical (unpaired) electrons. The Labute approximate surface area is 270 Å². The number of fused-ring (bicyclic) bond motifs is 9. The van der Waals surface area contributed by atoms with Gasteiger partial charge in [-0.15, -0.1) is 11.3 Å². The maximum absolute atomic E-state index is 2.49. The molecule has 0 atom stereocenters. The number of benzene rings is 8. The molecule has 0 unspecified atom stereocenters. The number of nitrogens with zero attached hydrogens (tertiary/aromatic N) is 1. The fraction of sp³-hybridized carbons (Fsp3) is 0. The molecule has 1 nitrogen and oxygen atoms in total. The molecular weight excluding hydrogens is 575 g/mol. The van der Waals surface area contributed by atoms with Gasteiger partial charge in [-0.1, -0.05) is 140 Å². The van der Waals surface area contributed by atoms with Crippen molar-refractivity contribution >= 4 is 74.9 Å². The van der Waals surface area contributed by atoms with Crippen molar-refractivity contribution in [1.82, 2.24) is 4.57 Å². The topological polar surface area (TPSA) is 4.93 Å². The van der Waals surface area contributed by atoms with Crippen LogP contribution in [0.25, 0.3) is 91.5 Å². The number of thiophene rings is 1. The molecule has 0 aliphatic rings. The molecule has 214 valence electrons. The zero-order valence-corrected chi connectivity index (χ0v) is 25.8. The van der Waals surface area contributed by atoms with Crippen molar-refractivity contribution in [3.05, 3.63) is 164 Å². The molecule has 2 heteroatoms. The van der Waals surface area contributed by atoms with E-state index in [-0.39, 0.29) is 0 Å². The Morgan fingerprint density at radius 3 is 1.63 bits per heavy atom. The van der Waals surface area contributed by atoms with Gasteiger partial charge >= 0.3 is 0 Å². The molecule has 0 saturated heterocycles. The van der Waals surface area contributed by atoms with Crippen LogP contribution in [0.15, 0.2) is 164 Å². The fourth-order valence-electron chi connectivity index (χ4n) is 7.65. The zero-order chi connectivity index (χ0) is 30.2. The highest BCUT2D eigenvalue weighted by Gasteiger charge is 2.20. The maximum atomic E-state index is 2.49. The number of rotatable bonds is 3. The Bertz CT molecular complexity index is 2740. The Balaban J connectivity index is 1.30. The van der Waals surface area contributed by atoms with Gasteiger partial charge < -0.3 is 4.57 Å². The van der Waals surface area contributed by atoms with Crippen molar-refractivity contribution in [2.24, 2.45) is 0 Å². The first kappa shape index (κ1) is 25.6. The van der Waals surface area contributed by atoms with Crippen LogP contribution in [0, 0.1) is 0 Å². The van der Waals surface area contributed by atoms with Crippen molar-refractivity contribution in [2.45, 2.75) is 0 Å². The van der Waals surface area contributed by atoms with Gasteiger partial charge in [0.05, 0.1) is 15.7 Å². The standard InChI is InChI=1S/C44H27NS/c1-2-13-28(14-3-1)41-33-19-4-6-21-35(33)42(36-22-7-5-20-34(36)41)29-15-12-16-30(27-29)45-39-23-10-8-17-31(39)37-25-26-38-32-18-9-11-24-40(32)46-44(38)43(37)45/h1-27H. The molecule has 46 heavy (non-hydrogen) atoms. The molecule has 0 aliphatic carbocycles. The molecule has 0 saturated carbocycles. The monoisotopic (exact) mass is 601 g/mol. The molecule has 0 N–H and O–H groups in total. The van der Waals surface area contributed by atoms with E-state index >= 15 is 0 Å². The number of aromatic nitrogens is 1. The summed E-state index contributed by atoms with van der Waals surface area (Å²) < 4.78 is 5.16. The van der Waals surface area contributed by atoms with E-state index in [2.05, 4.69) is 168 Å². The summed E-state index contributed by atoms with van der Waals surface area (Å²) in [5.74, 6) is 0. The summed E-state index contributed by atoms with van der Waals surface area (Å²) in [6, 6.07) is 60.1. The highest BCUT2D eigenvalue weighted by Crippen LogP contribution is 2.46. The Kier molecular flexibility index (Phi) is 5.51. The SMILES string of the molecule is c1ccc(-c2c3ccccc3c(-c3cccc(-n4c5ccccc5c5ccc6c7ccccc7sc6c54)c3)c3ccccc23)cc1. The Morgan fingerprint density at radius 1 is 0.370 bits per heavy atom. The predicted molar refractivity (Wildman–Crippen MR) is 200 cm³/mol. The van der Waals surface area contributed by atoms with Crippen LogP contribution < -0.4 is 0 Å². The molecule has 0 fully saturated rings. The average molecular weight is 602 g/mol. The lowest BCUT2D eigenvalue weighted by atomic mass is 9.86. The van der Waals surface area contributed by atoms with E-state index in [1.165, 1.54) is 91.5 Å². The predicted octanol–water partition coefficient (Wildman–Crippen LogP) is 12.8. The van der Waals surface area contributed by atoms with Crippen molar-refractivity contribution < 1.29 is 0 Å². The van der Waals surface area contributed by atoms with E-state index in [1.54, 1.807) is 0 Å². The quantitative estimate of drug-likeness (QED) is 0.178. The van der Waals surface area contributed by atoms with E-state index in [1.807, 2.05) is 11.3 Å². The lowest BCUT2D eigenvalue weighted by Gasteiger charge is -2.18. The minimum atomic E-state index is 1.17. The molecule has 0 amide bonds. The van der Waals surface area contributed by atoms with Crippen LogP contribution in [-0.4, -0.2) is 4.57 Å².